The fourth-order valence-electron chi connectivity index (χ4n) is 5.24. The predicted molar refractivity (Wildman–Crippen MR) is 166 cm³/mol. The van der Waals surface area contributed by atoms with Crippen LogP contribution >= 0.6 is 0 Å². The summed E-state index contributed by atoms with van der Waals surface area (Å²) in [5.74, 6) is 0.796. The number of rotatable bonds is 14. The zero-order valence-electron chi connectivity index (χ0n) is 23.9. The van der Waals surface area contributed by atoms with Crippen LogP contribution in [0.5, 0.6) is 11.5 Å². The minimum atomic E-state index is -0.413. The molecule has 1 heterocycles. The van der Waals surface area contributed by atoms with Crippen LogP contribution in [0.15, 0.2) is 78.9 Å². The van der Waals surface area contributed by atoms with E-state index in [1.807, 2.05) is 48.5 Å². The lowest BCUT2D eigenvalue weighted by atomic mass is 9.95. The molecule has 1 unspecified atom stereocenters. The van der Waals surface area contributed by atoms with E-state index in [1.54, 1.807) is 24.3 Å². The molecule has 8 heteroatoms. The molecule has 0 aliphatic carbocycles. The fourth-order valence-corrected chi connectivity index (χ4v) is 5.24. The van der Waals surface area contributed by atoms with E-state index < -0.39 is 5.97 Å². The van der Waals surface area contributed by atoms with Gasteiger partial charge in [-0.05, 0) is 106 Å². The van der Waals surface area contributed by atoms with Crippen molar-refractivity contribution in [3.63, 3.8) is 0 Å². The van der Waals surface area contributed by atoms with E-state index in [4.69, 9.17) is 15.2 Å². The summed E-state index contributed by atoms with van der Waals surface area (Å²) in [6.07, 6.45) is 5.43. The average Bonchev–Trinajstić information content (AvgIpc) is 3.00. The van der Waals surface area contributed by atoms with Crippen LogP contribution in [0.3, 0.4) is 0 Å². The van der Waals surface area contributed by atoms with Gasteiger partial charge in [0.15, 0.2) is 0 Å². The lowest BCUT2D eigenvalue weighted by Gasteiger charge is -2.39. The predicted octanol–water partition coefficient (Wildman–Crippen LogP) is 6.94. The topological polar surface area (TPSA) is 112 Å². The van der Waals surface area contributed by atoms with Crippen LogP contribution in [0.4, 0.5) is 17.1 Å². The number of aryl methyl sites for hydroxylation is 1. The molecule has 1 aliphatic heterocycles. The highest BCUT2D eigenvalue weighted by Gasteiger charge is 2.29. The van der Waals surface area contributed by atoms with Crippen LogP contribution in [0.25, 0.3) is 10.8 Å². The minimum Gasteiger partial charge on any atom is -0.494 e. The van der Waals surface area contributed by atoms with Gasteiger partial charge in [0.1, 0.15) is 17.2 Å². The third kappa shape index (κ3) is 7.13. The lowest BCUT2D eigenvalue weighted by molar-refractivity contribution is -0.128. The van der Waals surface area contributed by atoms with Gasteiger partial charge in [-0.25, -0.2) is 4.79 Å². The van der Waals surface area contributed by atoms with E-state index >= 15 is 0 Å². The molecule has 5 rings (SSSR count). The first kappa shape index (κ1) is 28.8. The maximum absolute atomic E-state index is 12.7. The van der Waals surface area contributed by atoms with Crippen molar-refractivity contribution in [2.75, 3.05) is 29.6 Å². The Kier molecular flexibility index (Phi) is 9.12. The summed E-state index contributed by atoms with van der Waals surface area (Å²) >= 11 is 0. The number of hydrogen-bond acceptors (Lipinski definition) is 8. The van der Waals surface area contributed by atoms with Crippen molar-refractivity contribution in [1.82, 2.24) is 0 Å². The normalized spacial score (nSPS) is 15.4. The molecule has 218 valence electrons. The Morgan fingerprint density at radius 3 is 2.26 bits per heavy atom. The van der Waals surface area contributed by atoms with Crippen molar-refractivity contribution < 1.29 is 23.8 Å². The number of nitrogens with one attached hydrogen (secondary N) is 2. The Morgan fingerprint density at radius 2 is 1.52 bits per heavy atom. The second kappa shape index (κ2) is 13.3. The number of unbranched alkanes of at least 4 members (excludes halogenated alkanes) is 3. The summed E-state index contributed by atoms with van der Waals surface area (Å²) in [5.41, 5.74) is 10.4. The summed E-state index contributed by atoms with van der Waals surface area (Å²) in [4.78, 5) is 22.8. The highest BCUT2D eigenvalue weighted by molar-refractivity contribution is 6.09. The summed E-state index contributed by atoms with van der Waals surface area (Å²) < 4.78 is 16.0. The van der Waals surface area contributed by atoms with Crippen molar-refractivity contribution in [2.24, 2.45) is 0 Å². The van der Waals surface area contributed by atoms with Crippen LogP contribution < -0.4 is 25.8 Å². The molecule has 4 aromatic rings. The summed E-state index contributed by atoms with van der Waals surface area (Å²) in [6.45, 7) is 3.69. The van der Waals surface area contributed by atoms with E-state index in [0.29, 0.717) is 36.7 Å². The number of anilines is 3. The molecular formula is C34H37N3O5. The first-order valence-corrected chi connectivity index (χ1v) is 14.4. The SMILES string of the molecule is CC1(CCc2ccc(OC(=O)c3ccc(OCCCCCCOC=O)cc3)cc2)Nc2cccc3c(N)ccc(c23)N1. The van der Waals surface area contributed by atoms with Gasteiger partial charge in [-0.2, -0.15) is 0 Å². The van der Waals surface area contributed by atoms with Gasteiger partial charge in [-0.15, -0.1) is 0 Å². The van der Waals surface area contributed by atoms with E-state index in [1.165, 1.54) is 0 Å². The average molecular weight is 568 g/mol. The maximum Gasteiger partial charge on any atom is 0.343 e. The smallest absolute Gasteiger partial charge is 0.343 e. The highest BCUT2D eigenvalue weighted by Crippen LogP contribution is 2.41. The third-order valence-electron chi connectivity index (χ3n) is 7.53. The number of hydrogen-bond donors (Lipinski definition) is 3. The molecule has 1 atom stereocenters. The van der Waals surface area contributed by atoms with Crippen molar-refractivity contribution >= 4 is 40.3 Å². The summed E-state index contributed by atoms with van der Waals surface area (Å²) in [6, 6.07) is 24.8. The number of ether oxygens (including phenoxy) is 3. The lowest BCUT2D eigenvalue weighted by Crippen LogP contribution is -2.45. The van der Waals surface area contributed by atoms with E-state index in [2.05, 4.69) is 28.4 Å². The van der Waals surface area contributed by atoms with Gasteiger partial charge in [-0.1, -0.05) is 24.3 Å². The number of carbonyl (C=O) groups is 2. The quantitative estimate of drug-likeness (QED) is 0.0494. The minimum absolute atomic E-state index is 0.328. The molecule has 1 aliphatic rings. The van der Waals surface area contributed by atoms with Crippen LogP contribution in [-0.4, -0.2) is 31.3 Å². The number of carbonyl (C=O) groups excluding carboxylic acids is 2. The Labute approximate surface area is 246 Å². The Hall–Kier alpha value is -4.72. The molecule has 0 saturated carbocycles. The highest BCUT2D eigenvalue weighted by atomic mass is 16.5. The van der Waals surface area contributed by atoms with Crippen molar-refractivity contribution in [2.45, 2.75) is 51.1 Å². The van der Waals surface area contributed by atoms with Crippen molar-refractivity contribution in [3.05, 3.63) is 90.0 Å². The molecule has 4 aromatic carbocycles. The van der Waals surface area contributed by atoms with Gasteiger partial charge < -0.3 is 30.6 Å². The van der Waals surface area contributed by atoms with Crippen LogP contribution in [0.1, 0.15) is 54.9 Å². The first-order chi connectivity index (χ1) is 20.4. The second-order valence-corrected chi connectivity index (χ2v) is 10.8. The van der Waals surface area contributed by atoms with Crippen molar-refractivity contribution in [3.8, 4) is 11.5 Å². The van der Waals surface area contributed by atoms with Gasteiger partial charge in [-0.3, -0.25) is 4.79 Å². The van der Waals surface area contributed by atoms with Gasteiger partial charge in [0.25, 0.3) is 6.47 Å². The van der Waals surface area contributed by atoms with Gasteiger partial charge >= 0.3 is 5.97 Å². The van der Waals surface area contributed by atoms with Gasteiger partial charge in [0.05, 0.1) is 18.8 Å². The van der Waals surface area contributed by atoms with Gasteiger partial charge in [0, 0.05) is 27.8 Å². The largest absolute Gasteiger partial charge is 0.494 e. The second-order valence-electron chi connectivity index (χ2n) is 10.8. The number of nitrogens with two attached hydrogens (primary N) is 1. The Bertz CT molecular complexity index is 1510. The van der Waals surface area contributed by atoms with Gasteiger partial charge in [0.2, 0.25) is 0 Å². The standard InChI is InChI=1S/C34H37N3O5/c1-34(36-30-8-6-7-28-29(35)17-18-31(37-34)32(28)30)20-19-24-9-13-27(14-10-24)42-33(39)25-11-15-26(16-12-25)41-22-5-3-2-4-21-40-23-38/h6-18,23,36-37H,2-5,19-22,35H2,1H3. The number of nitrogen functional groups attached to an aromatic ring is 1. The molecule has 0 aromatic heterocycles. The summed E-state index contributed by atoms with van der Waals surface area (Å²) in [5, 5.41) is 9.49. The number of esters is 1. The monoisotopic (exact) mass is 567 g/mol. The molecule has 0 fully saturated rings. The van der Waals surface area contributed by atoms with E-state index in [-0.39, 0.29) is 5.66 Å². The molecule has 42 heavy (non-hydrogen) atoms. The first-order valence-electron chi connectivity index (χ1n) is 14.4. The van der Waals surface area contributed by atoms with E-state index in [9.17, 15) is 9.59 Å². The molecule has 0 radical (unpaired) electrons. The van der Waals surface area contributed by atoms with Crippen LogP contribution in [0, 0.1) is 0 Å². The molecule has 0 amide bonds. The maximum atomic E-state index is 12.7. The molecule has 0 bridgehead atoms. The van der Waals surface area contributed by atoms with Crippen molar-refractivity contribution in [1.29, 1.82) is 0 Å². The molecular weight excluding hydrogens is 530 g/mol. The molecule has 0 saturated heterocycles. The molecule has 4 N–H and O–H groups in total. The zero-order chi connectivity index (χ0) is 29.4. The Morgan fingerprint density at radius 1 is 0.833 bits per heavy atom. The van der Waals surface area contributed by atoms with Crippen LogP contribution in [-0.2, 0) is 16.0 Å². The molecule has 0 spiro atoms. The Balaban J connectivity index is 1.08. The fraction of sp³-hybridized carbons (Fsp3) is 0.294. The zero-order valence-corrected chi connectivity index (χ0v) is 23.9. The summed E-state index contributed by atoms with van der Waals surface area (Å²) in [7, 11) is 0. The van der Waals surface area contributed by atoms with E-state index in [0.717, 1.165) is 71.9 Å². The van der Waals surface area contributed by atoms with Crippen LogP contribution in [0.2, 0.25) is 0 Å². The molecule has 8 nitrogen and oxygen atoms in total. The number of benzene rings is 4. The third-order valence-corrected chi connectivity index (χ3v) is 7.53.